The number of carbonyl (C=O) groups is 3. The summed E-state index contributed by atoms with van der Waals surface area (Å²) in [4.78, 5) is 49.8. The Hall–Kier alpha value is -2.16. The van der Waals surface area contributed by atoms with Crippen LogP contribution in [0.25, 0.3) is 0 Å². The maximum Gasteiger partial charge on any atom is 0.327 e. The maximum absolute atomic E-state index is 14.3. The minimum absolute atomic E-state index is 0. The number of halogens is 1. The molecular weight excluding hydrogens is 576 g/mol. The quantitative estimate of drug-likeness (QED) is 0.370. The molecule has 4 atom stereocenters. The van der Waals surface area contributed by atoms with Crippen LogP contribution in [0.3, 0.4) is 0 Å². The number of hydrogen-bond donors (Lipinski definition) is 0. The third-order valence-corrected chi connectivity index (χ3v) is 10.9. The first-order chi connectivity index (χ1) is 20.5. The van der Waals surface area contributed by atoms with E-state index in [1.54, 1.807) is 4.90 Å². The number of hydrogen-bond acceptors (Lipinski definition) is 5. The highest BCUT2D eigenvalue weighted by Gasteiger charge is 2.63. The van der Waals surface area contributed by atoms with Crippen LogP contribution in [0.15, 0.2) is 30.3 Å². The van der Waals surface area contributed by atoms with Gasteiger partial charge in [-0.15, -0.1) is 12.4 Å². The lowest BCUT2D eigenvalue weighted by Crippen LogP contribution is -2.62. The number of amides is 4. The van der Waals surface area contributed by atoms with Gasteiger partial charge in [-0.25, -0.2) is 4.79 Å². The summed E-state index contributed by atoms with van der Waals surface area (Å²) in [5, 5.41) is 0. The molecule has 1 aromatic carbocycles. The molecule has 0 N–H and O–H groups in total. The van der Waals surface area contributed by atoms with Crippen molar-refractivity contribution in [2.75, 3.05) is 39.4 Å². The molecule has 2 bridgehead atoms. The summed E-state index contributed by atoms with van der Waals surface area (Å²) in [6.45, 7) is 14.9. The molecule has 44 heavy (non-hydrogen) atoms. The second-order valence-corrected chi connectivity index (χ2v) is 15.6. The van der Waals surface area contributed by atoms with Crippen molar-refractivity contribution in [3.63, 3.8) is 0 Å². The van der Waals surface area contributed by atoms with Gasteiger partial charge in [0.25, 0.3) is 5.91 Å². The van der Waals surface area contributed by atoms with Crippen LogP contribution in [0.5, 0.6) is 0 Å². The number of ether oxygens (including phenoxy) is 1. The minimum atomic E-state index is -0.734. The summed E-state index contributed by atoms with van der Waals surface area (Å²) in [7, 11) is 0. The molecule has 244 valence electrons. The van der Waals surface area contributed by atoms with Crippen molar-refractivity contribution in [1.29, 1.82) is 0 Å². The highest BCUT2D eigenvalue weighted by molar-refractivity contribution is 6.07. The van der Waals surface area contributed by atoms with Gasteiger partial charge >= 0.3 is 6.03 Å². The SMILES string of the molecule is CC(C)N1C(=O)N(CC2CCOCC2)C(=O)C12CC1CCC(C2)N1C[C@H]1CN(C(=O)CC(C)(C)C)C[C@@H]1c1ccccc1.Cl. The third-order valence-electron chi connectivity index (χ3n) is 10.9. The molecule has 5 heterocycles. The zero-order valence-corrected chi connectivity index (χ0v) is 28.2. The Morgan fingerprint density at radius 3 is 2.18 bits per heavy atom. The zero-order chi connectivity index (χ0) is 30.5. The summed E-state index contributed by atoms with van der Waals surface area (Å²) in [5.74, 6) is 1.26. The normalized spacial score (nSPS) is 31.5. The molecule has 4 amide bonds. The fourth-order valence-corrected chi connectivity index (χ4v) is 8.98. The highest BCUT2D eigenvalue weighted by atomic mass is 35.5. The van der Waals surface area contributed by atoms with Gasteiger partial charge in [0.15, 0.2) is 0 Å². The first-order valence-corrected chi connectivity index (χ1v) is 16.8. The predicted octanol–water partition coefficient (Wildman–Crippen LogP) is 5.55. The van der Waals surface area contributed by atoms with E-state index < -0.39 is 5.54 Å². The smallest absolute Gasteiger partial charge is 0.327 e. The third kappa shape index (κ3) is 6.28. The fourth-order valence-electron chi connectivity index (χ4n) is 8.98. The lowest BCUT2D eigenvalue weighted by Gasteiger charge is -2.48. The molecule has 0 radical (unpaired) electrons. The van der Waals surface area contributed by atoms with Crippen LogP contribution < -0.4 is 0 Å². The lowest BCUT2D eigenvalue weighted by atomic mass is 9.79. The minimum Gasteiger partial charge on any atom is -0.381 e. The van der Waals surface area contributed by atoms with Crippen molar-refractivity contribution in [2.45, 2.75) is 109 Å². The molecule has 0 aromatic heterocycles. The van der Waals surface area contributed by atoms with Crippen molar-refractivity contribution in [1.82, 2.24) is 19.6 Å². The van der Waals surface area contributed by atoms with Crippen LogP contribution in [-0.4, -0.2) is 101 Å². The molecule has 5 aliphatic heterocycles. The number of benzene rings is 1. The Bertz CT molecular complexity index is 1180. The van der Waals surface area contributed by atoms with Crippen molar-refractivity contribution < 1.29 is 19.1 Å². The Balaban J connectivity index is 0.00000384. The lowest BCUT2D eigenvalue weighted by molar-refractivity contribution is -0.139. The number of nitrogens with zero attached hydrogens (tertiary/aromatic N) is 4. The van der Waals surface area contributed by atoms with Crippen LogP contribution in [0.4, 0.5) is 4.79 Å². The topological polar surface area (TPSA) is 73.4 Å². The highest BCUT2D eigenvalue weighted by Crippen LogP contribution is 2.49. The van der Waals surface area contributed by atoms with E-state index in [0.29, 0.717) is 56.8 Å². The van der Waals surface area contributed by atoms with E-state index in [9.17, 15) is 14.4 Å². The molecule has 0 saturated carbocycles. The molecule has 1 aromatic rings. The summed E-state index contributed by atoms with van der Waals surface area (Å²) in [6.07, 6.45) is 5.93. The van der Waals surface area contributed by atoms with Crippen LogP contribution in [0, 0.1) is 17.3 Å². The van der Waals surface area contributed by atoms with E-state index in [0.717, 1.165) is 45.3 Å². The van der Waals surface area contributed by atoms with Gasteiger partial charge in [-0.05, 0) is 75.2 Å². The maximum atomic E-state index is 14.3. The number of likely N-dealkylation sites (tertiary alicyclic amines) is 1. The van der Waals surface area contributed by atoms with Gasteiger partial charge < -0.3 is 14.5 Å². The van der Waals surface area contributed by atoms with Gasteiger partial charge in [0.05, 0.1) is 0 Å². The van der Waals surface area contributed by atoms with Gasteiger partial charge in [-0.2, -0.15) is 0 Å². The van der Waals surface area contributed by atoms with Gasteiger partial charge in [0.2, 0.25) is 5.91 Å². The van der Waals surface area contributed by atoms with Crippen molar-refractivity contribution in [2.24, 2.45) is 17.3 Å². The fraction of sp³-hybridized carbons (Fsp3) is 0.743. The van der Waals surface area contributed by atoms with E-state index in [-0.39, 0.29) is 53.8 Å². The Morgan fingerprint density at radius 1 is 0.955 bits per heavy atom. The number of piperidine rings is 1. The van der Waals surface area contributed by atoms with Gasteiger partial charge in [-0.1, -0.05) is 51.1 Å². The van der Waals surface area contributed by atoms with E-state index in [2.05, 4.69) is 74.8 Å². The second kappa shape index (κ2) is 12.9. The molecule has 5 saturated heterocycles. The Kier molecular flexibility index (Phi) is 9.75. The number of carbonyl (C=O) groups excluding carboxylic acids is 3. The molecule has 1 spiro atoms. The number of imide groups is 1. The molecule has 6 rings (SSSR count). The second-order valence-electron chi connectivity index (χ2n) is 15.6. The van der Waals surface area contributed by atoms with Crippen molar-refractivity contribution in [3.8, 4) is 0 Å². The van der Waals surface area contributed by atoms with Crippen LogP contribution in [0.2, 0.25) is 0 Å². The van der Waals surface area contributed by atoms with E-state index in [1.165, 1.54) is 5.56 Å². The predicted molar refractivity (Wildman–Crippen MR) is 174 cm³/mol. The van der Waals surface area contributed by atoms with Gasteiger partial charge in [0, 0.05) is 69.9 Å². The monoisotopic (exact) mass is 628 g/mol. The molecule has 5 fully saturated rings. The van der Waals surface area contributed by atoms with Crippen LogP contribution in [0.1, 0.15) is 91.0 Å². The molecule has 8 nitrogen and oxygen atoms in total. The van der Waals surface area contributed by atoms with E-state index in [4.69, 9.17) is 4.74 Å². The number of fused-ring (bicyclic) bond motifs is 2. The first-order valence-electron chi connectivity index (χ1n) is 16.8. The zero-order valence-electron chi connectivity index (χ0n) is 27.4. The first kappa shape index (κ1) is 33.2. The van der Waals surface area contributed by atoms with Gasteiger partial charge in [0.1, 0.15) is 5.54 Å². The van der Waals surface area contributed by atoms with E-state index >= 15 is 0 Å². The Labute approximate surface area is 270 Å². The van der Waals surface area contributed by atoms with E-state index in [1.807, 2.05) is 4.90 Å². The largest absolute Gasteiger partial charge is 0.381 e. The molecule has 2 unspecified atom stereocenters. The molecule has 9 heteroatoms. The summed E-state index contributed by atoms with van der Waals surface area (Å²) in [6, 6.07) is 11.1. The number of urea groups is 1. The van der Waals surface area contributed by atoms with Crippen LogP contribution >= 0.6 is 12.4 Å². The summed E-state index contributed by atoms with van der Waals surface area (Å²) >= 11 is 0. The summed E-state index contributed by atoms with van der Waals surface area (Å²) in [5.41, 5.74) is 0.539. The number of rotatable bonds is 7. The van der Waals surface area contributed by atoms with Crippen molar-refractivity contribution >= 4 is 30.3 Å². The summed E-state index contributed by atoms with van der Waals surface area (Å²) < 4.78 is 5.54. The van der Waals surface area contributed by atoms with Crippen LogP contribution in [-0.2, 0) is 14.3 Å². The average molecular weight is 629 g/mol. The van der Waals surface area contributed by atoms with Gasteiger partial charge in [-0.3, -0.25) is 19.4 Å². The van der Waals surface area contributed by atoms with Crippen molar-refractivity contribution in [3.05, 3.63) is 35.9 Å². The molecular formula is C35H53ClN4O4. The average Bonchev–Trinajstić information content (AvgIpc) is 3.54. The molecule has 5 aliphatic rings. The molecule has 0 aliphatic carbocycles. The Morgan fingerprint density at radius 2 is 1.59 bits per heavy atom. The standard InChI is InChI=1S/C35H52N4O4.ClH/c1-24(2)39-33(42)38(20-25-13-15-43-16-14-25)32(41)35(39)17-28-11-12-29(18-35)37(28)22-27-21-36(31(40)19-34(3,4)5)23-30(27)26-9-7-6-8-10-26;/h6-10,24-25,27-30H,11-23H2,1-5H3;1H/t27-,28?,29?,30-,35?;/m1./s1.